The Hall–Kier alpha value is -2.59. The summed E-state index contributed by atoms with van der Waals surface area (Å²) < 4.78 is 5.32. The molecule has 4 nitrogen and oxygen atoms in total. The van der Waals surface area contributed by atoms with Gasteiger partial charge in [0.05, 0.1) is 25.0 Å². The summed E-state index contributed by atoms with van der Waals surface area (Å²) in [6.07, 6.45) is 6.49. The predicted octanol–water partition coefficient (Wildman–Crippen LogP) is 4.18. The Morgan fingerprint density at radius 3 is 2.23 bits per heavy atom. The normalized spacial score (nSPS) is 10.7. The number of hydrogen-bond acceptors (Lipinski definition) is 3. The molecule has 0 fully saturated rings. The lowest BCUT2D eigenvalue weighted by molar-refractivity contribution is -0.142. The van der Waals surface area contributed by atoms with Gasteiger partial charge in [-0.3, -0.25) is 4.79 Å². The van der Waals surface area contributed by atoms with Crippen molar-refractivity contribution in [3.8, 4) is 0 Å². The average Bonchev–Trinajstić information content (AvgIpc) is 3.17. The molecule has 0 radical (unpaired) electrons. The molecule has 1 aromatic heterocycles. The Kier molecular flexibility index (Phi) is 6.45. The molecule has 0 atom stereocenters. The van der Waals surface area contributed by atoms with Gasteiger partial charge in [-0.25, -0.2) is 4.98 Å². The fourth-order valence-electron chi connectivity index (χ4n) is 2.68. The zero-order valence-corrected chi connectivity index (χ0v) is 15.2. The first-order chi connectivity index (χ1) is 12.7. The average molecular weight is 369 g/mol. The van der Waals surface area contributed by atoms with Crippen molar-refractivity contribution in [3.05, 3.63) is 88.5 Å². The van der Waals surface area contributed by atoms with Gasteiger partial charge in [-0.05, 0) is 41.7 Å². The summed E-state index contributed by atoms with van der Waals surface area (Å²) in [5.74, 6) is -0.219. The quantitative estimate of drug-likeness (QED) is 0.607. The third-order valence-electron chi connectivity index (χ3n) is 4.16. The van der Waals surface area contributed by atoms with E-state index >= 15 is 0 Å². The summed E-state index contributed by atoms with van der Waals surface area (Å²) in [6.45, 7) is 0.388. The van der Waals surface area contributed by atoms with Crippen LogP contribution in [0.2, 0.25) is 5.02 Å². The molecule has 134 valence electrons. The van der Waals surface area contributed by atoms with Crippen LogP contribution >= 0.6 is 11.6 Å². The molecule has 0 spiro atoms. The first-order valence-electron chi connectivity index (χ1n) is 8.64. The van der Waals surface area contributed by atoms with Gasteiger partial charge in [-0.1, -0.05) is 48.0 Å². The highest BCUT2D eigenvalue weighted by atomic mass is 35.5. The molecular weight excluding hydrogens is 348 g/mol. The molecule has 0 saturated carbocycles. The number of H-pyrrole nitrogens is 1. The highest BCUT2D eigenvalue weighted by Crippen LogP contribution is 2.11. The minimum absolute atomic E-state index is 0.219. The molecule has 0 aliphatic heterocycles. The van der Waals surface area contributed by atoms with Crippen LogP contribution in [0, 0.1) is 0 Å². The number of carbonyl (C=O) groups excluding carboxylic acids is 1. The van der Waals surface area contributed by atoms with Gasteiger partial charge in [-0.15, -0.1) is 0 Å². The van der Waals surface area contributed by atoms with Crippen LogP contribution in [0.4, 0.5) is 0 Å². The number of esters is 1. The smallest absolute Gasteiger partial charge is 0.310 e. The largest absolute Gasteiger partial charge is 0.465 e. The van der Waals surface area contributed by atoms with Crippen LogP contribution in [-0.4, -0.2) is 22.5 Å². The van der Waals surface area contributed by atoms with E-state index in [0.29, 0.717) is 18.1 Å². The lowest BCUT2D eigenvalue weighted by Gasteiger charge is -2.06. The van der Waals surface area contributed by atoms with Crippen molar-refractivity contribution in [3.63, 3.8) is 0 Å². The highest BCUT2D eigenvalue weighted by Gasteiger charge is 2.05. The number of aromatic nitrogens is 2. The molecule has 0 unspecified atom stereocenters. The highest BCUT2D eigenvalue weighted by molar-refractivity contribution is 6.30. The maximum atomic E-state index is 11.9. The number of nitrogens with one attached hydrogen (secondary N) is 1. The van der Waals surface area contributed by atoms with E-state index in [2.05, 4.69) is 34.2 Å². The second kappa shape index (κ2) is 9.20. The zero-order chi connectivity index (χ0) is 18.2. The van der Waals surface area contributed by atoms with E-state index in [9.17, 15) is 4.79 Å². The number of ether oxygens (including phenoxy) is 1. The minimum atomic E-state index is -0.219. The third-order valence-corrected chi connectivity index (χ3v) is 4.42. The Morgan fingerprint density at radius 1 is 0.923 bits per heavy atom. The van der Waals surface area contributed by atoms with Gasteiger partial charge in [0.15, 0.2) is 0 Å². The molecule has 5 heteroatoms. The van der Waals surface area contributed by atoms with E-state index in [-0.39, 0.29) is 12.4 Å². The van der Waals surface area contributed by atoms with Crippen LogP contribution in [0.15, 0.2) is 61.1 Å². The molecular formula is C21H21ClN2O2. The summed E-state index contributed by atoms with van der Waals surface area (Å²) in [5.41, 5.74) is 4.41. The maximum absolute atomic E-state index is 11.9. The number of nitrogens with zero attached hydrogens (tertiary/aromatic N) is 1. The molecule has 2 aromatic carbocycles. The predicted molar refractivity (Wildman–Crippen MR) is 102 cm³/mol. The number of benzene rings is 2. The van der Waals surface area contributed by atoms with Crippen molar-refractivity contribution in [1.29, 1.82) is 0 Å². The lowest BCUT2D eigenvalue weighted by Crippen LogP contribution is -2.10. The number of rotatable bonds is 8. The van der Waals surface area contributed by atoms with E-state index in [4.69, 9.17) is 16.3 Å². The van der Waals surface area contributed by atoms with E-state index in [1.807, 2.05) is 18.3 Å². The molecule has 1 heterocycles. The van der Waals surface area contributed by atoms with E-state index < -0.39 is 0 Å². The van der Waals surface area contributed by atoms with Crippen molar-refractivity contribution < 1.29 is 9.53 Å². The first kappa shape index (κ1) is 18.2. The molecule has 3 rings (SSSR count). The number of aryl methyl sites for hydroxylation is 2. The van der Waals surface area contributed by atoms with Crippen LogP contribution in [0.3, 0.4) is 0 Å². The summed E-state index contributed by atoms with van der Waals surface area (Å²) in [5, 5.41) is 0.662. The number of imidazole rings is 1. The first-order valence-corrected chi connectivity index (χ1v) is 9.02. The number of carbonyl (C=O) groups is 1. The molecule has 0 bridgehead atoms. The monoisotopic (exact) mass is 368 g/mol. The maximum Gasteiger partial charge on any atom is 0.310 e. The van der Waals surface area contributed by atoms with Crippen LogP contribution in [0.25, 0.3) is 0 Å². The summed E-state index contributed by atoms with van der Waals surface area (Å²) in [7, 11) is 0. The Labute approximate surface area is 158 Å². The standard InChI is InChI=1S/C21H21ClN2O2/c22-19-8-5-18(6-9-19)13-21(25)26-12-11-17-3-1-16(2-4-17)7-10-20-14-23-15-24-20/h1-6,8-9,14-15H,7,10-13H2,(H,23,24). The van der Waals surface area contributed by atoms with Gasteiger partial charge in [0, 0.05) is 17.6 Å². The fraction of sp³-hybridized carbons (Fsp3) is 0.238. The molecule has 1 N–H and O–H groups in total. The summed E-state index contributed by atoms with van der Waals surface area (Å²) >= 11 is 5.84. The number of halogens is 1. The van der Waals surface area contributed by atoms with Gasteiger partial charge in [0.2, 0.25) is 0 Å². The van der Waals surface area contributed by atoms with E-state index in [0.717, 1.165) is 29.7 Å². The second-order valence-corrected chi connectivity index (χ2v) is 6.59. The molecule has 0 saturated heterocycles. The Morgan fingerprint density at radius 2 is 1.58 bits per heavy atom. The van der Waals surface area contributed by atoms with Crippen molar-refractivity contribution in [2.24, 2.45) is 0 Å². The van der Waals surface area contributed by atoms with Crippen molar-refractivity contribution in [2.45, 2.75) is 25.7 Å². The van der Waals surface area contributed by atoms with Crippen molar-refractivity contribution in [2.75, 3.05) is 6.61 Å². The summed E-state index contributed by atoms with van der Waals surface area (Å²) in [4.78, 5) is 19.1. The van der Waals surface area contributed by atoms with Crippen LogP contribution in [0.1, 0.15) is 22.4 Å². The second-order valence-electron chi connectivity index (χ2n) is 6.15. The van der Waals surface area contributed by atoms with Gasteiger partial charge in [0.25, 0.3) is 0 Å². The third kappa shape index (κ3) is 5.74. The fourth-order valence-corrected chi connectivity index (χ4v) is 2.80. The van der Waals surface area contributed by atoms with E-state index in [1.165, 1.54) is 5.56 Å². The number of hydrogen-bond donors (Lipinski definition) is 1. The topological polar surface area (TPSA) is 55.0 Å². The Bertz CT molecular complexity index is 812. The van der Waals surface area contributed by atoms with Crippen LogP contribution < -0.4 is 0 Å². The van der Waals surface area contributed by atoms with Crippen molar-refractivity contribution >= 4 is 17.6 Å². The van der Waals surface area contributed by atoms with Gasteiger partial charge in [0.1, 0.15) is 0 Å². The lowest BCUT2D eigenvalue weighted by atomic mass is 10.1. The molecule has 3 aromatic rings. The van der Waals surface area contributed by atoms with Gasteiger partial charge in [-0.2, -0.15) is 0 Å². The van der Waals surface area contributed by atoms with Crippen LogP contribution in [0.5, 0.6) is 0 Å². The minimum Gasteiger partial charge on any atom is -0.465 e. The summed E-state index contributed by atoms with van der Waals surface area (Å²) in [6, 6.07) is 15.7. The van der Waals surface area contributed by atoms with E-state index in [1.54, 1.807) is 18.5 Å². The SMILES string of the molecule is O=C(Cc1ccc(Cl)cc1)OCCc1ccc(CCc2c[nH]cn2)cc1. The van der Waals surface area contributed by atoms with Gasteiger partial charge < -0.3 is 9.72 Å². The molecule has 0 amide bonds. The molecule has 0 aliphatic carbocycles. The van der Waals surface area contributed by atoms with Crippen LogP contribution in [-0.2, 0) is 35.2 Å². The number of aromatic amines is 1. The van der Waals surface area contributed by atoms with Crippen molar-refractivity contribution in [1.82, 2.24) is 9.97 Å². The zero-order valence-electron chi connectivity index (χ0n) is 14.5. The van der Waals surface area contributed by atoms with Gasteiger partial charge >= 0.3 is 5.97 Å². The molecule has 26 heavy (non-hydrogen) atoms. The Balaban J connectivity index is 1.38. The molecule has 0 aliphatic rings.